The topological polar surface area (TPSA) is 81.8 Å². The maximum absolute atomic E-state index is 13.4. The molecule has 0 spiro atoms. The Morgan fingerprint density at radius 3 is 2.32 bits per heavy atom. The van der Waals surface area contributed by atoms with Crippen molar-refractivity contribution in [2.75, 3.05) is 25.0 Å². The molecular weight excluding hydrogens is 428 g/mol. The Morgan fingerprint density at radius 1 is 1.03 bits per heavy atom. The van der Waals surface area contributed by atoms with Crippen molar-refractivity contribution in [3.05, 3.63) is 29.8 Å². The molecule has 0 aromatic heterocycles. The number of anilines is 1. The lowest BCUT2D eigenvalue weighted by molar-refractivity contribution is -0.144. The molecule has 0 saturated carbocycles. The van der Waals surface area contributed by atoms with E-state index in [0.717, 1.165) is 24.8 Å². The third-order valence-corrected chi connectivity index (χ3v) is 6.83. The SMILES string of the molecule is CCCCCCCC(=O)N1CCN(C(=O)C(NC(=O)Nc2ccc(C)cc2)C(C)CC)CC1C. The molecule has 2 rings (SSSR count). The van der Waals surface area contributed by atoms with Crippen LogP contribution in [0, 0.1) is 12.8 Å². The van der Waals surface area contributed by atoms with Crippen LogP contribution >= 0.6 is 0 Å². The van der Waals surface area contributed by atoms with E-state index in [-0.39, 0.29) is 29.8 Å². The Bertz CT molecular complexity index is 796. The number of benzene rings is 1. The van der Waals surface area contributed by atoms with Gasteiger partial charge in [-0.05, 0) is 38.3 Å². The third-order valence-electron chi connectivity index (χ3n) is 6.83. The lowest BCUT2D eigenvalue weighted by atomic mass is 9.97. The van der Waals surface area contributed by atoms with Crippen molar-refractivity contribution in [3.8, 4) is 0 Å². The van der Waals surface area contributed by atoms with Gasteiger partial charge in [-0.25, -0.2) is 4.79 Å². The number of hydrogen-bond acceptors (Lipinski definition) is 3. The minimum atomic E-state index is -0.608. The first-order valence-corrected chi connectivity index (χ1v) is 13.0. The van der Waals surface area contributed by atoms with E-state index in [4.69, 9.17) is 0 Å². The predicted molar refractivity (Wildman–Crippen MR) is 138 cm³/mol. The van der Waals surface area contributed by atoms with Crippen molar-refractivity contribution in [2.45, 2.75) is 91.6 Å². The molecule has 0 bridgehead atoms. The van der Waals surface area contributed by atoms with Crippen LogP contribution in [0.4, 0.5) is 10.5 Å². The molecular formula is C27H44N4O3. The number of nitrogens with zero attached hydrogens (tertiary/aromatic N) is 2. The van der Waals surface area contributed by atoms with Crippen molar-refractivity contribution >= 4 is 23.5 Å². The van der Waals surface area contributed by atoms with E-state index in [9.17, 15) is 14.4 Å². The smallest absolute Gasteiger partial charge is 0.319 e. The van der Waals surface area contributed by atoms with Gasteiger partial charge in [0.05, 0.1) is 0 Å². The number of aryl methyl sites for hydroxylation is 1. The van der Waals surface area contributed by atoms with Gasteiger partial charge in [0, 0.05) is 37.8 Å². The number of urea groups is 1. The van der Waals surface area contributed by atoms with Gasteiger partial charge in [0.15, 0.2) is 0 Å². The predicted octanol–water partition coefficient (Wildman–Crippen LogP) is 4.95. The number of piperazine rings is 1. The molecule has 2 N–H and O–H groups in total. The van der Waals surface area contributed by atoms with Crippen LogP contribution in [0.1, 0.15) is 78.2 Å². The van der Waals surface area contributed by atoms with E-state index in [1.54, 1.807) is 4.90 Å². The van der Waals surface area contributed by atoms with Crippen LogP contribution in [0.2, 0.25) is 0 Å². The van der Waals surface area contributed by atoms with Crippen LogP contribution in [-0.2, 0) is 9.59 Å². The maximum atomic E-state index is 13.4. The van der Waals surface area contributed by atoms with Gasteiger partial charge in [0.1, 0.15) is 6.04 Å². The minimum absolute atomic E-state index is 0.00523. The van der Waals surface area contributed by atoms with E-state index in [2.05, 4.69) is 17.6 Å². The number of hydrogen-bond donors (Lipinski definition) is 2. The number of nitrogens with one attached hydrogen (secondary N) is 2. The molecule has 1 aliphatic heterocycles. The normalized spacial score (nSPS) is 17.7. The van der Waals surface area contributed by atoms with Gasteiger partial charge in [0.2, 0.25) is 11.8 Å². The van der Waals surface area contributed by atoms with Crippen LogP contribution in [0.3, 0.4) is 0 Å². The van der Waals surface area contributed by atoms with Gasteiger partial charge in [-0.3, -0.25) is 9.59 Å². The third kappa shape index (κ3) is 8.33. The second kappa shape index (κ2) is 14.0. The first kappa shape index (κ1) is 27.7. The highest BCUT2D eigenvalue weighted by Gasteiger charge is 2.35. The Kier molecular flexibility index (Phi) is 11.4. The minimum Gasteiger partial charge on any atom is -0.337 e. The summed E-state index contributed by atoms with van der Waals surface area (Å²) in [6.07, 6.45) is 6.98. The highest BCUT2D eigenvalue weighted by molar-refractivity contribution is 5.94. The molecule has 1 aliphatic rings. The molecule has 1 saturated heterocycles. The van der Waals surface area contributed by atoms with E-state index in [1.165, 1.54) is 19.3 Å². The molecule has 1 fully saturated rings. The van der Waals surface area contributed by atoms with Gasteiger partial charge in [0.25, 0.3) is 0 Å². The summed E-state index contributed by atoms with van der Waals surface area (Å²) in [7, 11) is 0. The highest BCUT2D eigenvalue weighted by Crippen LogP contribution is 2.18. The molecule has 190 valence electrons. The molecule has 34 heavy (non-hydrogen) atoms. The second-order valence-electron chi connectivity index (χ2n) is 9.71. The van der Waals surface area contributed by atoms with Crippen LogP contribution in [0.5, 0.6) is 0 Å². The van der Waals surface area contributed by atoms with Gasteiger partial charge in [-0.1, -0.05) is 70.6 Å². The summed E-state index contributed by atoms with van der Waals surface area (Å²) in [6, 6.07) is 6.53. The van der Waals surface area contributed by atoms with Gasteiger partial charge in [-0.15, -0.1) is 0 Å². The first-order chi connectivity index (χ1) is 16.3. The van der Waals surface area contributed by atoms with Gasteiger partial charge >= 0.3 is 6.03 Å². The maximum Gasteiger partial charge on any atom is 0.319 e. The summed E-state index contributed by atoms with van der Waals surface area (Å²) in [6.45, 7) is 11.7. The molecule has 3 unspecified atom stereocenters. The summed E-state index contributed by atoms with van der Waals surface area (Å²) < 4.78 is 0. The fourth-order valence-electron chi connectivity index (χ4n) is 4.38. The molecule has 7 nitrogen and oxygen atoms in total. The second-order valence-corrected chi connectivity index (χ2v) is 9.71. The molecule has 0 aliphatic carbocycles. The summed E-state index contributed by atoms with van der Waals surface area (Å²) in [5, 5.41) is 5.73. The zero-order chi connectivity index (χ0) is 25.1. The molecule has 4 amide bonds. The largest absolute Gasteiger partial charge is 0.337 e. The fraction of sp³-hybridized carbons (Fsp3) is 0.667. The lowest BCUT2D eigenvalue weighted by Crippen LogP contribution is -2.60. The standard InChI is InChI=1S/C27H44N4O3/c1-6-8-9-10-11-12-24(32)31-18-17-30(19-22(31)5)26(33)25(21(4)7-2)29-27(34)28-23-15-13-20(3)14-16-23/h13-16,21-22,25H,6-12,17-19H2,1-5H3,(H2,28,29,34). The molecule has 3 atom stereocenters. The number of amides is 4. The van der Waals surface area contributed by atoms with Crippen LogP contribution in [0.25, 0.3) is 0 Å². The quantitative estimate of drug-likeness (QED) is 0.447. The Morgan fingerprint density at radius 2 is 1.71 bits per heavy atom. The van der Waals surface area contributed by atoms with E-state index < -0.39 is 6.04 Å². The zero-order valence-corrected chi connectivity index (χ0v) is 21.7. The number of unbranched alkanes of at least 4 members (excludes halogenated alkanes) is 4. The Hall–Kier alpha value is -2.57. The zero-order valence-electron chi connectivity index (χ0n) is 21.7. The monoisotopic (exact) mass is 472 g/mol. The summed E-state index contributed by atoms with van der Waals surface area (Å²) >= 11 is 0. The Labute approximate surface area is 205 Å². The van der Waals surface area contributed by atoms with Crippen molar-refractivity contribution in [3.63, 3.8) is 0 Å². The fourth-order valence-corrected chi connectivity index (χ4v) is 4.38. The number of carbonyl (C=O) groups excluding carboxylic acids is 3. The average Bonchev–Trinajstić information content (AvgIpc) is 2.82. The summed E-state index contributed by atoms with van der Waals surface area (Å²) in [4.78, 5) is 42.5. The van der Waals surface area contributed by atoms with E-state index in [0.29, 0.717) is 31.7 Å². The summed E-state index contributed by atoms with van der Waals surface area (Å²) in [5.74, 6) is 0.103. The van der Waals surface area contributed by atoms with Crippen LogP contribution < -0.4 is 10.6 Å². The first-order valence-electron chi connectivity index (χ1n) is 13.0. The van der Waals surface area contributed by atoms with E-state index in [1.807, 2.05) is 56.9 Å². The molecule has 1 aromatic rings. The van der Waals surface area contributed by atoms with Crippen molar-refractivity contribution in [2.24, 2.45) is 5.92 Å². The van der Waals surface area contributed by atoms with Crippen LogP contribution in [0.15, 0.2) is 24.3 Å². The number of rotatable bonds is 11. The van der Waals surface area contributed by atoms with Crippen molar-refractivity contribution in [1.82, 2.24) is 15.1 Å². The van der Waals surface area contributed by atoms with E-state index >= 15 is 0 Å². The van der Waals surface area contributed by atoms with Gasteiger partial charge in [-0.2, -0.15) is 0 Å². The summed E-state index contributed by atoms with van der Waals surface area (Å²) in [5.41, 5.74) is 1.80. The molecule has 1 heterocycles. The van der Waals surface area contributed by atoms with Gasteiger partial charge < -0.3 is 20.4 Å². The molecule has 0 radical (unpaired) electrons. The lowest BCUT2D eigenvalue weighted by Gasteiger charge is -2.41. The van der Waals surface area contributed by atoms with Crippen LogP contribution in [-0.4, -0.2) is 59.4 Å². The average molecular weight is 473 g/mol. The van der Waals surface area contributed by atoms with Crippen molar-refractivity contribution < 1.29 is 14.4 Å². The molecule has 1 aromatic carbocycles. The highest BCUT2D eigenvalue weighted by atomic mass is 16.2. The van der Waals surface area contributed by atoms with Crippen molar-refractivity contribution in [1.29, 1.82) is 0 Å². The molecule has 7 heteroatoms. The Balaban J connectivity index is 1.92. The number of carbonyl (C=O) groups is 3.